The average Bonchev–Trinajstić information content (AvgIpc) is 3.27. The van der Waals surface area contributed by atoms with Gasteiger partial charge in [0, 0.05) is 5.56 Å². The molecular weight excluding hydrogens is 294 g/mol. The van der Waals surface area contributed by atoms with Crippen LogP contribution < -0.4 is 5.32 Å². The third-order valence-corrected chi connectivity index (χ3v) is 3.42. The second kappa shape index (κ2) is 5.34. The lowest BCUT2D eigenvalue weighted by atomic mass is 10.1. The normalized spacial score (nSPS) is 10.8. The van der Waals surface area contributed by atoms with Gasteiger partial charge in [-0.2, -0.15) is 0 Å². The Balaban J connectivity index is 1.65. The lowest BCUT2D eigenvalue weighted by molar-refractivity contribution is 0.102. The SMILES string of the molecule is O=C(Nc1cccc2[nH]cnc12)c1cccc(-n2cnnn2)c1. The molecule has 1 amide bonds. The van der Waals surface area contributed by atoms with Crippen molar-refractivity contribution in [2.24, 2.45) is 0 Å². The predicted molar refractivity (Wildman–Crippen MR) is 83.2 cm³/mol. The number of carbonyl (C=O) groups is 1. The minimum Gasteiger partial charge on any atom is -0.345 e. The lowest BCUT2D eigenvalue weighted by Crippen LogP contribution is -2.12. The number of para-hydroxylation sites is 1. The van der Waals surface area contributed by atoms with Crippen molar-refractivity contribution in [3.63, 3.8) is 0 Å². The number of hydrogen-bond donors (Lipinski definition) is 2. The van der Waals surface area contributed by atoms with E-state index < -0.39 is 0 Å². The van der Waals surface area contributed by atoms with Crippen molar-refractivity contribution in [3.8, 4) is 5.69 Å². The molecule has 2 aromatic heterocycles. The van der Waals surface area contributed by atoms with Crippen LogP contribution in [0.25, 0.3) is 16.7 Å². The molecule has 4 rings (SSSR count). The van der Waals surface area contributed by atoms with Gasteiger partial charge in [0.15, 0.2) is 0 Å². The molecule has 2 N–H and O–H groups in total. The van der Waals surface area contributed by atoms with Gasteiger partial charge in [0.25, 0.3) is 5.91 Å². The number of carbonyl (C=O) groups excluding carboxylic acids is 1. The number of aromatic nitrogens is 6. The first-order valence-electron chi connectivity index (χ1n) is 6.88. The second-order valence-electron chi connectivity index (χ2n) is 4.86. The fourth-order valence-electron chi connectivity index (χ4n) is 2.33. The summed E-state index contributed by atoms with van der Waals surface area (Å²) in [6, 6.07) is 12.6. The van der Waals surface area contributed by atoms with Crippen molar-refractivity contribution in [3.05, 3.63) is 60.7 Å². The van der Waals surface area contributed by atoms with E-state index in [9.17, 15) is 4.79 Å². The topological polar surface area (TPSA) is 101 Å². The quantitative estimate of drug-likeness (QED) is 0.601. The molecule has 112 valence electrons. The zero-order valence-electron chi connectivity index (χ0n) is 11.8. The Bertz CT molecular complexity index is 974. The molecule has 0 saturated heterocycles. The van der Waals surface area contributed by atoms with Gasteiger partial charge in [0.1, 0.15) is 11.8 Å². The Morgan fingerprint density at radius 3 is 2.96 bits per heavy atom. The molecule has 0 saturated carbocycles. The maximum absolute atomic E-state index is 12.5. The van der Waals surface area contributed by atoms with Crippen LogP contribution in [0.15, 0.2) is 55.1 Å². The Labute approximate surface area is 130 Å². The van der Waals surface area contributed by atoms with Gasteiger partial charge in [0.2, 0.25) is 0 Å². The summed E-state index contributed by atoms with van der Waals surface area (Å²) in [5, 5.41) is 13.9. The highest BCUT2D eigenvalue weighted by Crippen LogP contribution is 2.20. The van der Waals surface area contributed by atoms with Gasteiger partial charge >= 0.3 is 0 Å². The number of hydrogen-bond acceptors (Lipinski definition) is 5. The van der Waals surface area contributed by atoms with E-state index in [1.54, 1.807) is 24.5 Å². The zero-order valence-corrected chi connectivity index (χ0v) is 11.8. The molecule has 0 aliphatic rings. The molecule has 2 heterocycles. The minimum atomic E-state index is -0.226. The molecule has 0 fully saturated rings. The van der Waals surface area contributed by atoms with Crippen LogP contribution >= 0.6 is 0 Å². The summed E-state index contributed by atoms with van der Waals surface area (Å²) in [4.78, 5) is 19.7. The largest absolute Gasteiger partial charge is 0.345 e. The Morgan fingerprint density at radius 1 is 1.17 bits per heavy atom. The third kappa shape index (κ3) is 2.42. The molecule has 0 radical (unpaired) electrons. The van der Waals surface area contributed by atoms with Gasteiger partial charge < -0.3 is 10.3 Å². The summed E-state index contributed by atoms with van der Waals surface area (Å²) in [5.41, 5.74) is 3.45. The molecule has 4 aromatic rings. The fourth-order valence-corrected chi connectivity index (χ4v) is 2.33. The van der Waals surface area contributed by atoms with Crippen LogP contribution in [0.5, 0.6) is 0 Å². The fraction of sp³-hybridized carbons (Fsp3) is 0. The number of anilines is 1. The van der Waals surface area contributed by atoms with Crippen molar-refractivity contribution in [1.29, 1.82) is 0 Å². The van der Waals surface area contributed by atoms with Crippen LogP contribution in [-0.2, 0) is 0 Å². The number of amides is 1. The van der Waals surface area contributed by atoms with Crippen LogP contribution in [-0.4, -0.2) is 36.1 Å². The summed E-state index contributed by atoms with van der Waals surface area (Å²) in [6.07, 6.45) is 3.07. The van der Waals surface area contributed by atoms with Gasteiger partial charge in [-0.3, -0.25) is 4.79 Å². The van der Waals surface area contributed by atoms with Gasteiger partial charge in [-0.05, 0) is 40.8 Å². The van der Waals surface area contributed by atoms with Gasteiger partial charge in [-0.1, -0.05) is 12.1 Å². The molecule has 0 aliphatic heterocycles. The summed E-state index contributed by atoms with van der Waals surface area (Å²) < 4.78 is 1.49. The Kier molecular flexibility index (Phi) is 3.05. The summed E-state index contributed by atoms with van der Waals surface area (Å²) >= 11 is 0. The summed E-state index contributed by atoms with van der Waals surface area (Å²) in [5.74, 6) is -0.226. The van der Waals surface area contributed by atoms with Gasteiger partial charge in [0.05, 0.1) is 23.2 Å². The number of fused-ring (bicyclic) bond motifs is 1. The number of H-pyrrole nitrogens is 1. The first kappa shape index (κ1) is 13.1. The molecule has 0 atom stereocenters. The van der Waals surface area contributed by atoms with Gasteiger partial charge in [-0.25, -0.2) is 9.67 Å². The van der Waals surface area contributed by atoms with Crippen LogP contribution in [0.3, 0.4) is 0 Å². The smallest absolute Gasteiger partial charge is 0.255 e. The van der Waals surface area contributed by atoms with Crippen LogP contribution in [0.2, 0.25) is 0 Å². The number of aromatic amines is 1. The number of imidazole rings is 1. The predicted octanol–water partition coefficient (Wildman–Crippen LogP) is 1.79. The van der Waals surface area contributed by atoms with E-state index in [4.69, 9.17) is 0 Å². The number of nitrogens with zero attached hydrogens (tertiary/aromatic N) is 5. The van der Waals surface area contributed by atoms with E-state index >= 15 is 0 Å². The van der Waals surface area contributed by atoms with Crippen molar-refractivity contribution in [2.75, 3.05) is 5.32 Å². The molecule has 0 bridgehead atoms. The minimum absolute atomic E-state index is 0.226. The van der Waals surface area contributed by atoms with E-state index in [0.29, 0.717) is 16.9 Å². The van der Waals surface area contributed by atoms with Crippen molar-refractivity contribution in [2.45, 2.75) is 0 Å². The summed E-state index contributed by atoms with van der Waals surface area (Å²) in [7, 11) is 0. The highest BCUT2D eigenvalue weighted by molar-refractivity contribution is 6.08. The molecule has 0 spiro atoms. The highest BCUT2D eigenvalue weighted by Gasteiger charge is 2.11. The number of tetrazole rings is 1. The average molecular weight is 305 g/mol. The maximum atomic E-state index is 12.5. The monoisotopic (exact) mass is 305 g/mol. The maximum Gasteiger partial charge on any atom is 0.255 e. The van der Waals surface area contributed by atoms with Crippen LogP contribution in [0, 0.1) is 0 Å². The molecule has 23 heavy (non-hydrogen) atoms. The summed E-state index contributed by atoms with van der Waals surface area (Å²) in [6.45, 7) is 0. The molecular formula is C15H11N7O. The first-order valence-corrected chi connectivity index (χ1v) is 6.88. The zero-order chi connectivity index (χ0) is 15.6. The van der Waals surface area contributed by atoms with E-state index in [2.05, 4.69) is 30.8 Å². The number of benzene rings is 2. The second-order valence-corrected chi connectivity index (χ2v) is 4.86. The standard InChI is InChI=1S/C15H11N7O/c23-15(19-13-6-2-5-12-14(13)17-8-16-12)10-3-1-4-11(7-10)22-9-18-20-21-22/h1-9H,(H,16,17)(H,19,23). The Morgan fingerprint density at radius 2 is 2.09 bits per heavy atom. The third-order valence-electron chi connectivity index (χ3n) is 3.42. The molecule has 0 aliphatic carbocycles. The first-order chi connectivity index (χ1) is 11.3. The molecule has 0 unspecified atom stereocenters. The van der Waals surface area contributed by atoms with Crippen LogP contribution in [0.4, 0.5) is 5.69 Å². The Hall–Kier alpha value is -3.55. The highest BCUT2D eigenvalue weighted by atomic mass is 16.1. The van der Waals surface area contributed by atoms with Gasteiger partial charge in [-0.15, -0.1) is 5.10 Å². The van der Waals surface area contributed by atoms with Crippen molar-refractivity contribution < 1.29 is 4.79 Å². The van der Waals surface area contributed by atoms with Crippen LogP contribution in [0.1, 0.15) is 10.4 Å². The van der Waals surface area contributed by atoms with E-state index in [-0.39, 0.29) is 5.91 Å². The number of rotatable bonds is 3. The van der Waals surface area contributed by atoms with E-state index in [1.165, 1.54) is 11.0 Å². The van der Waals surface area contributed by atoms with E-state index in [0.717, 1.165) is 11.0 Å². The van der Waals surface area contributed by atoms with E-state index in [1.807, 2.05) is 24.3 Å². The molecule has 2 aromatic carbocycles. The van der Waals surface area contributed by atoms with Crippen molar-refractivity contribution in [1.82, 2.24) is 30.2 Å². The lowest BCUT2D eigenvalue weighted by Gasteiger charge is -2.07. The molecule has 8 heteroatoms. The number of nitrogens with one attached hydrogen (secondary N) is 2. The molecule has 8 nitrogen and oxygen atoms in total. The van der Waals surface area contributed by atoms with Crippen molar-refractivity contribution >= 4 is 22.6 Å².